The van der Waals surface area contributed by atoms with Crippen LogP contribution in [-0.4, -0.2) is 20.8 Å². The third-order valence-electron chi connectivity index (χ3n) is 2.67. The van der Waals surface area contributed by atoms with Crippen LogP contribution in [0, 0.1) is 0 Å². The third kappa shape index (κ3) is 2.67. The minimum Gasteiger partial charge on any atom is -0.496 e. The first-order valence-corrected chi connectivity index (χ1v) is 5.58. The molecular formula is C13H21NO2. The van der Waals surface area contributed by atoms with Crippen molar-refractivity contribution in [2.45, 2.75) is 26.2 Å². The molecule has 3 heteroatoms. The molecule has 0 atom stereocenters. The van der Waals surface area contributed by atoms with Crippen molar-refractivity contribution in [3.8, 4) is 11.5 Å². The summed E-state index contributed by atoms with van der Waals surface area (Å²) >= 11 is 0. The topological polar surface area (TPSA) is 44.5 Å². The molecule has 0 spiro atoms. The highest BCUT2D eigenvalue weighted by atomic mass is 16.5. The second-order valence-electron chi connectivity index (χ2n) is 4.10. The van der Waals surface area contributed by atoms with Crippen molar-refractivity contribution in [2.24, 2.45) is 5.73 Å². The zero-order valence-electron chi connectivity index (χ0n) is 10.5. The monoisotopic (exact) mass is 223 g/mol. The molecule has 3 nitrogen and oxygen atoms in total. The summed E-state index contributed by atoms with van der Waals surface area (Å²) < 4.78 is 10.8. The van der Waals surface area contributed by atoms with Crippen molar-refractivity contribution in [3.05, 3.63) is 23.3 Å². The molecule has 0 aliphatic carbocycles. The molecule has 16 heavy (non-hydrogen) atoms. The summed E-state index contributed by atoms with van der Waals surface area (Å²) in [7, 11) is 3.38. The van der Waals surface area contributed by atoms with Gasteiger partial charge in [0.05, 0.1) is 14.2 Å². The molecule has 0 heterocycles. The first-order valence-electron chi connectivity index (χ1n) is 5.58. The lowest BCUT2D eigenvalue weighted by atomic mass is 9.98. The summed E-state index contributed by atoms with van der Waals surface area (Å²) in [4.78, 5) is 0. The molecule has 0 amide bonds. The van der Waals surface area contributed by atoms with Crippen LogP contribution < -0.4 is 15.2 Å². The molecule has 0 aromatic heterocycles. The Morgan fingerprint density at radius 3 is 2.19 bits per heavy atom. The Morgan fingerprint density at radius 2 is 1.75 bits per heavy atom. The van der Waals surface area contributed by atoms with Crippen molar-refractivity contribution < 1.29 is 9.47 Å². The fraction of sp³-hybridized carbons (Fsp3) is 0.538. The summed E-state index contributed by atoms with van der Waals surface area (Å²) in [6, 6.07) is 4.08. The van der Waals surface area contributed by atoms with Crippen LogP contribution in [0.5, 0.6) is 11.5 Å². The molecule has 0 aliphatic rings. The van der Waals surface area contributed by atoms with Gasteiger partial charge in [-0.1, -0.05) is 13.8 Å². The molecule has 1 aromatic carbocycles. The van der Waals surface area contributed by atoms with E-state index in [4.69, 9.17) is 15.2 Å². The Labute approximate surface area is 97.6 Å². The number of ether oxygens (including phenoxy) is 2. The van der Waals surface area contributed by atoms with Crippen LogP contribution in [0.3, 0.4) is 0 Å². The van der Waals surface area contributed by atoms with Crippen LogP contribution in [0.15, 0.2) is 12.1 Å². The number of benzene rings is 1. The Kier molecular flexibility index (Phi) is 4.62. The molecule has 0 radical (unpaired) electrons. The highest BCUT2D eigenvalue weighted by Crippen LogP contribution is 2.33. The third-order valence-corrected chi connectivity index (χ3v) is 2.67. The van der Waals surface area contributed by atoms with Gasteiger partial charge < -0.3 is 15.2 Å². The van der Waals surface area contributed by atoms with Gasteiger partial charge in [0.25, 0.3) is 0 Å². The van der Waals surface area contributed by atoms with Crippen LogP contribution in [-0.2, 0) is 6.42 Å². The molecule has 0 fully saturated rings. The van der Waals surface area contributed by atoms with Crippen molar-refractivity contribution in [3.63, 3.8) is 0 Å². The van der Waals surface area contributed by atoms with E-state index >= 15 is 0 Å². The molecule has 0 saturated heterocycles. The van der Waals surface area contributed by atoms with E-state index in [2.05, 4.69) is 19.9 Å². The average molecular weight is 223 g/mol. The van der Waals surface area contributed by atoms with Crippen molar-refractivity contribution in [2.75, 3.05) is 20.8 Å². The van der Waals surface area contributed by atoms with Gasteiger partial charge in [-0.3, -0.25) is 0 Å². The molecular weight excluding hydrogens is 202 g/mol. The molecule has 0 unspecified atom stereocenters. The quantitative estimate of drug-likeness (QED) is 0.833. The van der Waals surface area contributed by atoms with Crippen LogP contribution in [0.4, 0.5) is 0 Å². The molecule has 0 bridgehead atoms. The molecule has 1 rings (SSSR count). The summed E-state index contributed by atoms with van der Waals surface area (Å²) in [6.45, 7) is 4.89. The van der Waals surface area contributed by atoms with Gasteiger partial charge in [-0.2, -0.15) is 0 Å². The lowest BCUT2D eigenvalue weighted by molar-refractivity contribution is 0.393. The Bertz CT molecular complexity index is 348. The fourth-order valence-electron chi connectivity index (χ4n) is 1.79. The van der Waals surface area contributed by atoms with Gasteiger partial charge in [0.15, 0.2) is 0 Å². The Balaban J connectivity index is 3.22. The van der Waals surface area contributed by atoms with Gasteiger partial charge in [0.1, 0.15) is 11.5 Å². The summed E-state index contributed by atoms with van der Waals surface area (Å²) in [5, 5.41) is 0. The molecule has 90 valence electrons. The second kappa shape index (κ2) is 5.75. The van der Waals surface area contributed by atoms with E-state index in [1.54, 1.807) is 14.2 Å². The SMILES string of the molecule is COc1cc(C(C)C)c(OC)cc1CCN. The molecule has 0 aliphatic heterocycles. The van der Waals surface area contributed by atoms with Crippen LogP contribution >= 0.6 is 0 Å². The van der Waals surface area contributed by atoms with Crippen LogP contribution in [0.2, 0.25) is 0 Å². The molecule has 0 saturated carbocycles. The van der Waals surface area contributed by atoms with Crippen LogP contribution in [0.25, 0.3) is 0 Å². The summed E-state index contributed by atoms with van der Waals surface area (Å²) in [6.07, 6.45) is 0.803. The zero-order valence-corrected chi connectivity index (χ0v) is 10.5. The lowest BCUT2D eigenvalue weighted by Gasteiger charge is -2.16. The largest absolute Gasteiger partial charge is 0.496 e. The Morgan fingerprint density at radius 1 is 1.12 bits per heavy atom. The second-order valence-corrected chi connectivity index (χ2v) is 4.10. The normalized spacial score (nSPS) is 10.6. The highest BCUT2D eigenvalue weighted by Gasteiger charge is 2.12. The number of hydrogen-bond acceptors (Lipinski definition) is 3. The van der Waals surface area contributed by atoms with Gasteiger partial charge in [-0.25, -0.2) is 0 Å². The first-order chi connectivity index (χ1) is 7.63. The fourth-order valence-corrected chi connectivity index (χ4v) is 1.79. The minimum atomic E-state index is 0.413. The summed E-state index contributed by atoms with van der Waals surface area (Å²) in [5.41, 5.74) is 7.85. The zero-order chi connectivity index (χ0) is 12.1. The smallest absolute Gasteiger partial charge is 0.122 e. The number of nitrogens with two attached hydrogens (primary N) is 1. The maximum atomic E-state index is 5.58. The van der Waals surface area contributed by atoms with E-state index in [1.807, 2.05) is 6.07 Å². The molecule has 2 N–H and O–H groups in total. The van der Waals surface area contributed by atoms with Gasteiger partial charge >= 0.3 is 0 Å². The van der Waals surface area contributed by atoms with Crippen LogP contribution in [0.1, 0.15) is 30.9 Å². The minimum absolute atomic E-state index is 0.413. The lowest BCUT2D eigenvalue weighted by Crippen LogP contribution is -2.06. The summed E-state index contributed by atoms with van der Waals surface area (Å²) in [5.74, 6) is 2.23. The van der Waals surface area contributed by atoms with Gasteiger partial charge in [0.2, 0.25) is 0 Å². The average Bonchev–Trinajstić information content (AvgIpc) is 2.28. The Hall–Kier alpha value is -1.22. The molecule has 1 aromatic rings. The number of rotatable bonds is 5. The number of hydrogen-bond donors (Lipinski definition) is 1. The van der Waals surface area contributed by atoms with Gasteiger partial charge in [-0.05, 0) is 36.6 Å². The van der Waals surface area contributed by atoms with Gasteiger partial charge in [0, 0.05) is 5.56 Å². The van der Waals surface area contributed by atoms with E-state index in [0.717, 1.165) is 23.5 Å². The van der Waals surface area contributed by atoms with Crippen molar-refractivity contribution in [1.82, 2.24) is 0 Å². The van der Waals surface area contributed by atoms with Crippen molar-refractivity contribution >= 4 is 0 Å². The van der Waals surface area contributed by atoms with Crippen molar-refractivity contribution in [1.29, 1.82) is 0 Å². The highest BCUT2D eigenvalue weighted by molar-refractivity contribution is 5.48. The van der Waals surface area contributed by atoms with E-state index in [9.17, 15) is 0 Å². The maximum absolute atomic E-state index is 5.58. The number of methoxy groups -OCH3 is 2. The van der Waals surface area contributed by atoms with E-state index in [1.165, 1.54) is 5.56 Å². The first kappa shape index (κ1) is 12.8. The predicted molar refractivity (Wildman–Crippen MR) is 66.4 cm³/mol. The van der Waals surface area contributed by atoms with Gasteiger partial charge in [-0.15, -0.1) is 0 Å². The van der Waals surface area contributed by atoms with E-state index < -0.39 is 0 Å². The maximum Gasteiger partial charge on any atom is 0.122 e. The predicted octanol–water partition coefficient (Wildman–Crippen LogP) is 2.33. The van der Waals surface area contributed by atoms with E-state index in [0.29, 0.717) is 12.5 Å². The standard InChI is InChI=1S/C13H21NO2/c1-9(2)11-8-12(15-3)10(5-6-14)7-13(11)16-4/h7-9H,5-6,14H2,1-4H3. The van der Waals surface area contributed by atoms with E-state index in [-0.39, 0.29) is 0 Å².